The number of carbonyl (C=O) groups is 1. The van der Waals surface area contributed by atoms with Gasteiger partial charge in [0.2, 0.25) is 0 Å². The number of aromatic hydroxyl groups is 1. The highest BCUT2D eigenvalue weighted by molar-refractivity contribution is 9.10. The number of halogens is 1. The monoisotopic (exact) mass is 274 g/mol. The van der Waals surface area contributed by atoms with Crippen molar-refractivity contribution in [2.75, 3.05) is 13.4 Å². The second-order valence-electron chi connectivity index (χ2n) is 2.71. The van der Waals surface area contributed by atoms with Crippen molar-refractivity contribution in [1.82, 2.24) is 0 Å². The van der Waals surface area contributed by atoms with Crippen LogP contribution in [0.3, 0.4) is 0 Å². The summed E-state index contributed by atoms with van der Waals surface area (Å²) in [6.45, 7) is 2.51. The molecular weight excluding hydrogens is 264 g/mol. The zero-order valence-electron chi connectivity index (χ0n) is 8.20. The Morgan fingerprint density at radius 1 is 1.53 bits per heavy atom. The third-order valence-corrected chi connectivity index (χ3v) is 2.33. The third-order valence-electron chi connectivity index (χ3n) is 1.71. The van der Waals surface area contributed by atoms with Gasteiger partial charge in [-0.1, -0.05) is 0 Å². The van der Waals surface area contributed by atoms with Crippen LogP contribution in [0, 0.1) is 0 Å². The molecule has 82 valence electrons. The first-order valence-electron chi connectivity index (χ1n) is 4.37. The number of ether oxygens (including phenoxy) is 2. The number of phenolic OH excluding ortho intramolecular Hbond substituents is 1. The summed E-state index contributed by atoms with van der Waals surface area (Å²) in [5.41, 5.74) is 0.214. The highest BCUT2D eigenvalue weighted by Gasteiger charge is 2.07. The van der Waals surface area contributed by atoms with Crippen LogP contribution in [0.5, 0.6) is 11.5 Å². The summed E-state index contributed by atoms with van der Waals surface area (Å²) in [7, 11) is 0. The molecule has 4 nitrogen and oxygen atoms in total. The number of hydrogen-bond donors (Lipinski definition) is 1. The van der Waals surface area contributed by atoms with E-state index in [1.54, 1.807) is 0 Å². The first-order chi connectivity index (χ1) is 7.19. The number of phenols is 1. The first-order valence-corrected chi connectivity index (χ1v) is 5.16. The third kappa shape index (κ3) is 3.21. The molecule has 0 amide bonds. The van der Waals surface area contributed by atoms with Crippen LogP contribution in [-0.4, -0.2) is 24.8 Å². The summed E-state index contributed by atoms with van der Waals surface area (Å²) in [5, 5.41) is 9.40. The quantitative estimate of drug-likeness (QED) is 0.509. The molecule has 0 bridgehead atoms. The van der Waals surface area contributed by atoms with Crippen LogP contribution >= 0.6 is 15.9 Å². The van der Waals surface area contributed by atoms with E-state index in [0.717, 1.165) is 0 Å². The molecule has 0 fully saturated rings. The van der Waals surface area contributed by atoms with Gasteiger partial charge in [0.1, 0.15) is 11.5 Å². The molecule has 1 aromatic rings. The van der Waals surface area contributed by atoms with Gasteiger partial charge in [-0.3, -0.25) is 4.79 Å². The summed E-state index contributed by atoms with van der Waals surface area (Å²) in [5.74, 6) is 0.325. The highest BCUT2D eigenvalue weighted by Crippen LogP contribution is 2.31. The number of carbonyl (C=O) groups excluding carboxylic acids is 1. The minimum Gasteiger partial charge on any atom is -0.507 e. The highest BCUT2D eigenvalue weighted by atomic mass is 79.9. The Balaban J connectivity index is 2.80. The number of aldehydes is 1. The Labute approximate surface area is 95.9 Å². The van der Waals surface area contributed by atoms with Crippen LogP contribution < -0.4 is 4.74 Å². The molecule has 0 aliphatic heterocycles. The van der Waals surface area contributed by atoms with Gasteiger partial charge < -0.3 is 14.6 Å². The normalized spacial score (nSPS) is 10.0. The maximum atomic E-state index is 10.5. The van der Waals surface area contributed by atoms with E-state index in [1.165, 1.54) is 12.1 Å². The van der Waals surface area contributed by atoms with E-state index in [4.69, 9.17) is 9.47 Å². The molecule has 0 heterocycles. The number of hydrogen-bond acceptors (Lipinski definition) is 4. The largest absolute Gasteiger partial charge is 0.507 e. The van der Waals surface area contributed by atoms with Gasteiger partial charge in [-0.15, -0.1) is 0 Å². The molecule has 0 unspecified atom stereocenters. The average Bonchev–Trinajstić information content (AvgIpc) is 2.23. The topological polar surface area (TPSA) is 55.8 Å². The van der Waals surface area contributed by atoms with Gasteiger partial charge in [0.15, 0.2) is 13.1 Å². The van der Waals surface area contributed by atoms with E-state index in [-0.39, 0.29) is 18.1 Å². The predicted octanol–water partition coefficient (Wildman–Crippen LogP) is 2.34. The van der Waals surface area contributed by atoms with E-state index in [2.05, 4.69) is 15.9 Å². The Morgan fingerprint density at radius 2 is 2.27 bits per heavy atom. The summed E-state index contributed by atoms with van der Waals surface area (Å²) in [6.07, 6.45) is 0.576. The predicted molar refractivity (Wildman–Crippen MR) is 58.3 cm³/mol. The van der Waals surface area contributed by atoms with E-state index >= 15 is 0 Å². The number of rotatable bonds is 5. The molecule has 0 atom stereocenters. The Morgan fingerprint density at radius 3 is 2.87 bits per heavy atom. The fourth-order valence-corrected chi connectivity index (χ4v) is 1.43. The Kier molecular flexibility index (Phi) is 4.58. The fraction of sp³-hybridized carbons (Fsp3) is 0.300. The molecule has 0 aliphatic rings. The van der Waals surface area contributed by atoms with Crippen molar-refractivity contribution >= 4 is 22.2 Å². The van der Waals surface area contributed by atoms with Gasteiger partial charge in [-0.2, -0.15) is 0 Å². The Hall–Kier alpha value is -1.07. The molecule has 0 aliphatic carbocycles. The second-order valence-corrected chi connectivity index (χ2v) is 3.57. The maximum Gasteiger partial charge on any atom is 0.189 e. The van der Waals surface area contributed by atoms with Crippen LogP contribution in [0.2, 0.25) is 0 Å². The van der Waals surface area contributed by atoms with E-state index in [9.17, 15) is 9.90 Å². The van der Waals surface area contributed by atoms with Crippen LogP contribution in [0.25, 0.3) is 0 Å². The summed E-state index contributed by atoms with van der Waals surface area (Å²) >= 11 is 3.22. The lowest BCUT2D eigenvalue weighted by Crippen LogP contribution is -2.02. The van der Waals surface area contributed by atoms with Gasteiger partial charge in [-0.05, 0) is 28.9 Å². The molecule has 0 saturated heterocycles. The molecule has 0 radical (unpaired) electrons. The molecule has 1 rings (SSSR count). The SMILES string of the molecule is CCOCOc1cc(O)c(C=O)cc1Br. The Bertz CT molecular complexity index is 352. The summed E-state index contributed by atoms with van der Waals surface area (Å²) < 4.78 is 10.8. The van der Waals surface area contributed by atoms with Crippen molar-refractivity contribution in [2.24, 2.45) is 0 Å². The standard InChI is InChI=1S/C10H11BrO4/c1-2-14-6-15-10-4-9(13)7(5-12)3-8(10)11/h3-5,13H,2,6H2,1H3. The van der Waals surface area contributed by atoms with E-state index < -0.39 is 0 Å². The van der Waals surface area contributed by atoms with Crippen molar-refractivity contribution in [3.63, 3.8) is 0 Å². The van der Waals surface area contributed by atoms with Crippen molar-refractivity contribution in [1.29, 1.82) is 0 Å². The van der Waals surface area contributed by atoms with Crippen LogP contribution in [-0.2, 0) is 4.74 Å². The fourth-order valence-electron chi connectivity index (χ4n) is 0.952. The lowest BCUT2D eigenvalue weighted by molar-refractivity contribution is 0.0218. The zero-order chi connectivity index (χ0) is 11.3. The van der Waals surface area contributed by atoms with Crippen LogP contribution in [0.4, 0.5) is 0 Å². The molecular formula is C10H11BrO4. The van der Waals surface area contributed by atoms with Crippen molar-refractivity contribution < 1.29 is 19.4 Å². The van der Waals surface area contributed by atoms with Gasteiger partial charge in [-0.25, -0.2) is 0 Å². The summed E-state index contributed by atoms with van der Waals surface area (Å²) in [6, 6.07) is 2.86. The molecule has 15 heavy (non-hydrogen) atoms. The number of benzene rings is 1. The lowest BCUT2D eigenvalue weighted by atomic mass is 10.2. The lowest BCUT2D eigenvalue weighted by Gasteiger charge is -2.09. The molecule has 1 aromatic carbocycles. The molecule has 1 N–H and O–H groups in total. The van der Waals surface area contributed by atoms with Crippen molar-refractivity contribution in [3.05, 3.63) is 22.2 Å². The maximum absolute atomic E-state index is 10.5. The molecule has 0 saturated carbocycles. The zero-order valence-corrected chi connectivity index (χ0v) is 9.78. The molecule has 5 heteroatoms. The van der Waals surface area contributed by atoms with E-state index in [1.807, 2.05) is 6.92 Å². The smallest absolute Gasteiger partial charge is 0.189 e. The van der Waals surface area contributed by atoms with Gasteiger partial charge >= 0.3 is 0 Å². The molecule has 0 aromatic heterocycles. The first kappa shape index (κ1) is 12.0. The minimum atomic E-state index is -0.111. The molecule has 0 spiro atoms. The van der Waals surface area contributed by atoms with Crippen molar-refractivity contribution in [3.8, 4) is 11.5 Å². The van der Waals surface area contributed by atoms with E-state index in [0.29, 0.717) is 23.1 Å². The summed E-state index contributed by atoms with van der Waals surface area (Å²) in [4.78, 5) is 10.5. The van der Waals surface area contributed by atoms with Crippen LogP contribution in [0.1, 0.15) is 17.3 Å². The van der Waals surface area contributed by atoms with Crippen LogP contribution in [0.15, 0.2) is 16.6 Å². The van der Waals surface area contributed by atoms with Gasteiger partial charge in [0.25, 0.3) is 0 Å². The van der Waals surface area contributed by atoms with Gasteiger partial charge in [0.05, 0.1) is 10.0 Å². The van der Waals surface area contributed by atoms with Gasteiger partial charge in [0, 0.05) is 12.7 Å². The second kappa shape index (κ2) is 5.72. The average molecular weight is 275 g/mol. The minimum absolute atomic E-state index is 0.106. The van der Waals surface area contributed by atoms with Crippen molar-refractivity contribution in [2.45, 2.75) is 6.92 Å².